The van der Waals surface area contributed by atoms with E-state index in [2.05, 4.69) is 10.1 Å². The number of carbonyl (C=O) groups excluding carboxylic acids is 2. The number of rotatable bonds is 8. The molecule has 0 spiro atoms. The first-order chi connectivity index (χ1) is 13.8. The molecule has 0 aliphatic carbocycles. The minimum absolute atomic E-state index is 0.0824. The van der Waals surface area contributed by atoms with Crippen LogP contribution in [-0.2, 0) is 14.3 Å². The number of ether oxygens (including phenoxy) is 3. The third kappa shape index (κ3) is 6.06. The Morgan fingerprint density at radius 1 is 1.14 bits per heavy atom. The van der Waals surface area contributed by atoms with E-state index in [1.54, 1.807) is 43.3 Å². The van der Waals surface area contributed by atoms with Crippen LogP contribution < -0.4 is 14.8 Å². The summed E-state index contributed by atoms with van der Waals surface area (Å²) < 4.78 is 15.3. The van der Waals surface area contributed by atoms with Crippen LogP contribution in [0.15, 0.2) is 42.5 Å². The van der Waals surface area contributed by atoms with Gasteiger partial charge >= 0.3 is 5.97 Å². The molecule has 0 bridgehead atoms. The fourth-order valence-corrected chi connectivity index (χ4v) is 2.36. The second-order valence-corrected chi connectivity index (χ2v) is 5.86. The van der Waals surface area contributed by atoms with Gasteiger partial charge in [0.2, 0.25) is 0 Å². The predicted octanol–water partition coefficient (Wildman–Crippen LogP) is 3.12. The minimum Gasteiger partial charge on any atom is -0.493 e. The van der Waals surface area contributed by atoms with Crippen molar-refractivity contribution in [2.75, 3.05) is 26.1 Å². The maximum atomic E-state index is 12.1. The van der Waals surface area contributed by atoms with E-state index >= 15 is 0 Å². The summed E-state index contributed by atoms with van der Waals surface area (Å²) in [5, 5.41) is 13.5. The number of amides is 1. The monoisotopic (exact) mass is 400 g/mol. The average Bonchev–Trinajstić information content (AvgIpc) is 2.71. The van der Waals surface area contributed by atoms with Gasteiger partial charge in [0.05, 0.1) is 19.1 Å². The number of esters is 1. The highest BCUT2D eigenvalue weighted by atomic mass is 16.6. The molecule has 0 atom stereocenters. The van der Waals surface area contributed by atoms with Crippen molar-refractivity contribution in [3.8, 4) is 11.5 Å². The second-order valence-electron chi connectivity index (χ2n) is 5.86. The highest BCUT2D eigenvalue weighted by molar-refractivity contribution is 5.92. The number of nitrogens with zero attached hydrogens (tertiary/aromatic N) is 1. The van der Waals surface area contributed by atoms with Crippen LogP contribution >= 0.6 is 0 Å². The molecule has 0 saturated heterocycles. The molecule has 0 aromatic heterocycles. The van der Waals surface area contributed by atoms with Crippen LogP contribution in [-0.4, -0.2) is 37.6 Å². The van der Waals surface area contributed by atoms with Crippen molar-refractivity contribution in [1.82, 2.24) is 0 Å². The molecule has 0 radical (unpaired) electrons. The van der Waals surface area contributed by atoms with E-state index in [1.165, 1.54) is 26.4 Å². The summed E-state index contributed by atoms with van der Waals surface area (Å²) in [5.41, 5.74) is 1.39. The Kier molecular flexibility index (Phi) is 7.30. The standard InChI is InChI=1S/C20H20N2O7/c1-13-4-7-15(11-16(13)22(25)26)21-19(23)12-29-17-8-5-14(10-18(17)27-2)6-9-20(24)28-3/h4-11H,12H2,1-3H3,(H,21,23)/b9-6+. The van der Waals surface area contributed by atoms with Gasteiger partial charge in [-0.2, -0.15) is 0 Å². The first kappa shape index (κ1) is 21.4. The van der Waals surface area contributed by atoms with Crippen LogP contribution in [0.4, 0.5) is 11.4 Å². The van der Waals surface area contributed by atoms with Gasteiger partial charge in [-0.05, 0) is 36.8 Å². The van der Waals surface area contributed by atoms with Gasteiger partial charge < -0.3 is 19.5 Å². The number of benzene rings is 2. The Bertz CT molecular complexity index is 954. The fraction of sp³-hybridized carbons (Fsp3) is 0.200. The molecule has 0 saturated carbocycles. The van der Waals surface area contributed by atoms with Gasteiger partial charge in [-0.3, -0.25) is 14.9 Å². The van der Waals surface area contributed by atoms with Gasteiger partial charge in [-0.25, -0.2) is 4.79 Å². The number of aryl methyl sites for hydroxylation is 1. The molecule has 2 aromatic rings. The molecule has 0 aliphatic heterocycles. The Balaban J connectivity index is 2.02. The van der Waals surface area contributed by atoms with Crippen molar-refractivity contribution < 1.29 is 28.7 Å². The fourth-order valence-electron chi connectivity index (χ4n) is 2.36. The van der Waals surface area contributed by atoms with Crippen LogP contribution in [0.1, 0.15) is 11.1 Å². The molecule has 1 amide bonds. The van der Waals surface area contributed by atoms with E-state index in [-0.39, 0.29) is 12.3 Å². The number of methoxy groups -OCH3 is 2. The molecule has 9 nitrogen and oxygen atoms in total. The molecular formula is C20H20N2O7. The zero-order chi connectivity index (χ0) is 21.4. The normalized spacial score (nSPS) is 10.4. The molecule has 2 rings (SSSR count). The molecule has 0 heterocycles. The van der Waals surface area contributed by atoms with Gasteiger partial charge in [0.15, 0.2) is 18.1 Å². The van der Waals surface area contributed by atoms with Gasteiger partial charge in [0.1, 0.15) is 0 Å². The number of anilines is 1. The summed E-state index contributed by atoms with van der Waals surface area (Å²) in [6.07, 6.45) is 2.82. The molecular weight excluding hydrogens is 380 g/mol. The van der Waals surface area contributed by atoms with Crippen molar-refractivity contribution in [2.45, 2.75) is 6.92 Å². The van der Waals surface area contributed by atoms with Crippen molar-refractivity contribution >= 4 is 29.3 Å². The lowest BCUT2D eigenvalue weighted by Gasteiger charge is -2.12. The van der Waals surface area contributed by atoms with Crippen LogP contribution in [0, 0.1) is 17.0 Å². The molecule has 2 aromatic carbocycles. The average molecular weight is 400 g/mol. The first-order valence-electron chi connectivity index (χ1n) is 8.45. The number of nitrogens with one attached hydrogen (secondary N) is 1. The third-order valence-electron chi connectivity index (χ3n) is 3.85. The van der Waals surface area contributed by atoms with Crippen LogP contribution in [0.2, 0.25) is 0 Å². The van der Waals surface area contributed by atoms with Gasteiger partial charge in [0.25, 0.3) is 11.6 Å². The molecule has 9 heteroatoms. The zero-order valence-corrected chi connectivity index (χ0v) is 16.1. The molecule has 152 valence electrons. The summed E-state index contributed by atoms with van der Waals surface area (Å²) in [5.74, 6) is -0.277. The lowest BCUT2D eigenvalue weighted by atomic mass is 10.2. The summed E-state index contributed by atoms with van der Waals surface area (Å²) in [7, 11) is 2.73. The highest BCUT2D eigenvalue weighted by Crippen LogP contribution is 2.28. The highest BCUT2D eigenvalue weighted by Gasteiger charge is 2.13. The third-order valence-corrected chi connectivity index (χ3v) is 3.85. The second kappa shape index (κ2) is 9.88. The minimum atomic E-state index is -0.511. The Morgan fingerprint density at radius 3 is 2.55 bits per heavy atom. The summed E-state index contributed by atoms with van der Waals surface area (Å²) in [6.45, 7) is 1.29. The lowest BCUT2D eigenvalue weighted by molar-refractivity contribution is -0.385. The van der Waals surface area contributed by atoms with Crippen molar-refractivity contribution in [1.29, 1.82) is 0 Å². The Labute approximate surface area is 167 Å². The van der Waals surface area contributed by atoms with E-state index < -0.39 is 16.8 Å². The molecule has 29 heavy (non-hydrogen) atoms. The maximum Gasteiger partial charge on any atom is 0.330 e. The molecule has 1 N–H and O–H groups in total. The van der Waals surface area contributed by atoms with Gasteiger partial charge in [-0.15, -0.1) is 0 Å². The smallest absolute Gasteiger partial charge is 0.330 e. The summed E-state index contributed by atoms with van der Waals surface area (Å²) in [4.78, 5) is 33.8. The maximum absolute atomic E-state index is 12.1. The Hall–Kier alpha value is -3.88. The topological polar surface area (TPSA) is 117 Å². The first-order valence-corrected chi connectivity index (χ1v) is 8.45. The van der Waals surface area contributed by atoms with E-state index in [4.69, 9.17) is 9.47 Å². The number of carbonyl (C=O) groups is 2. The van der Waals surface area contributed by atoms with Crippen LogP contribution in [0.5, 0.6) is 11.5 Å². The van der Waals surface area contributed by atoms with Crippen molar-refractivity contribution in [2.24, 2.45) is 0 Å². The van der Waals surface area contributed by atoms with Crippen molar-refractivity contribution in [3.05, 3.63) is 63.7 Å². The quantitative estimate of drug-likeness (QED) is 0.313. The van der Waals surface area contributed by atoms with E-state index in [0.717, 1.165) is 0 Å². The number of nitro benzene ring substituents is 1. The van der Waals surface area contributed by atoms with E-state index in [1.807, 2.05) is 0 Å². The summed E-state index contributed by atoms with van der Waals surface area (Å²) in [6, 6.07) is 9.33. The largest absolute Gasteiger partial charge is 0.493 e. The molecule has 0 unspecified atom stereocenters. The SMILES string of the molecule is COC(=O)/C=C/c1ccc(OCC(=O)Nc2ccc(C)c([N+](=O)[O-])c2)c(OC)c1. The van der Waals surface area contributed by atoms with Crippen LogP contribution in [0.3, 0.4) is 0 Å². The molecule has 0 fully saturated rings. The van der Waals surface area contributed by atoms with E-state index in [9.17, 15) is 19.7 Å². The predicted molar refractivity (Wildman–Crippen MR) is 106 cm³/mol. The zero-order valence-electron chi connectivity index (χ0n) is 16.1. The lowest BCUT2D eigenvalue weighted by Crippen LogP contribution is -2.20. The van der Waals surface area contributed by atoms with Crippen molar-refractivity contribution in [3.63, 3.8) is 0 Å². The number of nitro groups is 1. The number of hydrogen-bond acceptors (Lipinski definition) is 7. The van der Waals surface area contributed by atoms with Gasteiger partial charge in [0, 0.05) is 23.4 Å². The van der Waals surface area contributed by atoms with E-state index in [0.29, 0.717) is 28.3 Å². The van der Waals surface area contributed by atoms with Gasteiger partial charge in [-0.1, -0.05) is 12.1 Å². The van der Waals surface area contributed by atoms with Crippen LogP contribution in [0.25, 0.3) is 6.08 Å². The Morgan fingerprint density at radius 2 is 1.90 bits per heavy atom. The summed E-state index contributed by atoms with van der Waals surface area (Å²) >= 11 is 0. The molecule has 0 aliphatic rings. The number of hydrogen-bond donors (Lipinski definition) is 1.